The molecule has 1 N–H and O–H groups in total. The third-order valence-corrected chi connectivity index (χ3v) is 5.33. The van der Waals surface area contributed by atoms with Crippen molar-refractivity contribution in [2.24, 2.45) is 0 Å². The van der Waals surface area contributed by atoms with Gasteiger partial charge in [0.25, 0.3) is 0 Å². The third-order valence-electron chi connectivity index (χ3n) is 5.33. The van der Waals surface area contributed by atoms with Gasteiger partial charge in [-0.2, -0.15) is 0 Å². The first-order chi connectivity index (χ1) is 14.0. The summed E-state index contributed by atoms with van der Waals surface area (Å²) in [5, 5.41) is 4.44. The van der Waals surface area contributed by atoms with Crippen molar-refractivity contribution in [2.75, 3.05) is 32.5 Å². The maximum atomic E-state index is 12.6. The van der Waals surface area contributed by atoms with Crippen LogP contribution < -0.4 is 5.32 Å². The molecular formula is C24H30N4O2. The summed E-state index contributed by atoms with van der Waals surface area (Å²) in [6.45, 7) is 5.17. The van der Waals surface area contributed by atoms with Gasteiger partial charge in [0, 0.05) is 55.5 Å². The van der Waals surface area contributed by atoms with Crippen molar-refractivity contribution in [2.45, 2.75) is 27.4 Å². The Bertz CT molecular complexity index is 1070. The number of nitrogens with zero attached hydrogens (tertiary/aromatic N) is 3. The Hall–Kier alpha value is -3.12. The molecule has 0 unspecified atom stereocenters. The maximum Gasteiger partial charge on any atom is 0.246 e. The lowest BCUT2D eigenvalue weighted by Gasteiger charge is -2.14. The molecule has 30 heavy (non-hydrogen) atoms. The zero-order valence-corrected chi connectivity index (χ0v) is 17.1. The summed E-state index contributed by atoms with van der Waals surface area (Å²) in [7, 11) is 3.88. The molecule has 0 radical (unpaired) electrons. The SMILES string of the molecule is C.Cc1c(CN(C)C(=O)/C=C/c2cnc3c(c2)CN(C)CCN3)oc2ccccc12. The van der Waals surface area contributed by atoms with Crippen molar-refractivity contribution in [1.29, 1.82) is 0 Å². The van der Waals surface area contributed by atoms with Gasteiger partial charge in [0.15, 0.2) is 0 Å². The van der Waals surface area contributed by atoms with Crippen molar-refractivity contribution in [1.82, 2.24) is 14.8 Å². The van der Waals surface area contributed by atoms with Crippen molar-refractivity contribution in [3.8, 4) is 0 Å². The number of fused-ring (bicyclic) bond motifs is 2. The van der Waals surface area contributed by atoms with Crippen LogP contribution in [0.3, 0.4) is 0 Å². The maximum absolute atomic E-state index is 12.6. The zero-order valence-electron chi connectivity index (χ0n) is 17.1. The predicted octanol–water partition coefficient (Wildman–Crippen LogP) is 4.30. The first-order valence-corrected chi connectivity index (χ1v) is 9.83. The summed E-state index contributed by atoms with van der Waals surface area (Å²) in [5.41, 5.74) is 4.00. The van der Waals surface area contributed by atoms with Gasteiger partial charge in [0.05, 0.1) is 6.54 Å². The van der Waals surface area contributed by atoms with Gasteiger partial charge in [-0.15, -0.1) is 0 Å². The number of carbonyl (C=O) groups is 1. The Kier molecular flexibility index (Phi) is 6.57. The average Bonchev–Trinajstić information content (AvgIpc) is 2.90. The second-order valence-electron chi connectivity index (χ2n) is 7.61. The molecule has 1 amide bonds. The van der Waals surface area contributed by atoms with Crippen molar-refractivity contribution < 1.29 is 9.21 Å². The van der Waals surface area contributed by atoms with Crippen LogP contribution in [0.15, 0.2) is 47.0 Å². The molecule has 0 bridgehead atoms. The number of para-hydroxylation sites is 1. The molecule has 1 aliphatic heterocycles. The van der Waals surface area contributed by atoms with Gasteiger partial charge in [0.1, 0.15) is 17.2 Å². The first-order valence-electron chi connectivity index (χ1n) is 9.83. The minimum Gasteiger partial charge on any atom is -0.459 e. The summed E-state index contributed by atoms with van der Waals surface area (Å²) in [4.78, 5) is 21.0. The molecule has 3 heterocycles. The van der Waals surface area contributed by atoms with E-state index >= 15 is 0 Å². The van der Waals surface area contributed by atoms with Gasteiger partial charge in [0.2, 0.25) is 5.91 Å². The standard InChI is InChI=1S/C23H26N4O2.CH4/c1-16-19-6-4-5-7-20(19)29-21(16)15-27(3)22(28)9-8-17-12-18-14-26(2)11-10-24-23(18)25-13-17;/h4-9,12-13H,10-11,14-15H2,1-3H3,(H,24,25);1H4/b9-8+;. The number of furan rings is 1. The van der Waals surface area contributed by atoms with Gasteiger partial charge in [-0.25, -0.2) is 4.98 Å². The molecule has 6 nitrogen and oxygen atoms in total. The molecule has 4 rings (SSSR count). The monoisotopic (exact) mass is 406 g/mol. The first kappa shape index (κ1) is 21.6. The van der Waals surface area contributed by atoms with Crippen LogP contribution in [0.25, 0.3) is 17.0 Å². The number of hydrogen-bond acceptors (Lipinski definition) is 5. The predicted molar refractivity (Wildman–Crippen MR) is 122 cm³/mol. The second kappa shape index (κ2) is 9.13. The highest BCUT2D eigenvalue weighted by molar-refractivity contribution is 5.91. The Balaban J connectivity index is 0.00000256. The number of hydrogen-bond donors (Lipinski definition) is 1. The number of aryl methyl sites for hydroxylation is 1. The average molecular weight is 407 g/mol. The molecule has 158 valence electrons. The number of likely N-dealkylation sites (N-methyl/N-ethyl adjacent to an activating group) is 2. The fraction of sp³-hybridized carbons (Fsp3) is 0.333. The molecule has 0 fully saturated rings. The number of anilines is 1. The van der Waals surface area contributed by atoms with E-state index in [0.717, 1.165) is 58.9 Å². The molecule has 1 aromatic carbocycles. The Morgan fingerprint density at radius 2 is 2.17 bits per heavy atom. The van der Waals surface area contributed by atoms with Crippen molar-refractivity contribution >= 4 is 28.8 Å². The molecule has 2 aromatic heterocycles. The zero-order chi connectivity index (χ0) is 20.4. The lowest BCUT2D eigenvalue weighted by atomic mass is 10.1. The normalized spacial score (nSPS) is 14.1. The highest BCUT2D eigenvalue weighted by Gasteiger charge is 2.15. The Labute approximate surface area is 178 Å². The van der Waals surface area contributed by atoms with Gasteiger partial charge in [-0.1, -0.05) is 25.6 Å². The minimum absolute atomic E-state index is 0. The van der Waals surface area contributed by atoms with Gasteiger partial charge in [-0.3, -0.25) is 4.79 Å². The van der Waals surface area contributed by atoms with Gasteiger partial charge in [-0.05, 0) is 37.7 Å². The van der Waals surface area contributed by atoms with Crippen LogP contribution in [0.1, 0.15) is 29.9 Å². The molecule has 0 atom stereocenters. The Morgan fingerprint density at radius 1 is 1.37 bits per heavy atom. The fourth-order valence-corrected chi connectivity index (χ4v) is 3.60. The van der Waals surface area contributed by atoms with E-state index in [1.807, 2.05) is 37.3 Å². The summed E-state index contributed by atoms with van der Waals surface area (Å²) in [6.07, 6.45) is 5.21. The second-order valence-corrected chi connectivity index (χ2v) is 7.61. The van der Waals surface area contributed by atoms with Crippen LogP contribution in [-0.4, -0.2) is 47.9 Å². The van der Waals surface area contributed by atoms with Crippen molar-refractivity contribution in [3.63, 3.8) is 0 Å². The van der Waals surface area contributed by atoms with Gasteiger partial charge < -0.3 is 19.5 Å². The van der Waals surface area contributed by atoms with E-state index in [0.29, 0.717) is 6.54 Å². The summed E-state index contributed by atoms with van der Waals surface area (Å²) >= 11 is 0. The largest absolute Gasteiger partial charge is 0.459 e. The Morgan fingerprint density at radius 3 is 2.97 bits per heavy atom. The quantitative estimate of drug-likeness (QED) is 0.655. The summed E-state index contributed by atoms with van der Waals surface area (Å²) in [6, 6.07) is 10.0. The van der Waals surface area contributed by atoms with Gasteiger partial charge >= 0.3 is 0 Å². The van der Waals surface area contributed by atoms with E-state index in [1.165, 1.54) is 0 Å². The van der Waals surface area contributed by atoms with Crippen LogP contribution in [0.2, 0.25) is 0 Å². The fourth-order valence-electron chi connectivity index (χ4n) is 3.60. The molecule has 0 spiro atoms. The lowest BCUT2D eigenvalue weighted by Crippen LogP contribution is -2.24. The molecule has 6 heteroatoms. The van der Waals surface area contributed by atoms with E-state index in [-0.39, 0.29) is 13.3 Å². The number of amides is 1. The van der Waals surface area contributed by atoms with Crippen LogP contribution in [0, 0.1) is 6.92 Å². The lowest BCUT2D eigenvalue weighted by molar-refractivity contribution is -0.125. The minimum atomic E-state index is -0.0740. The van der Waals surface area contributed by atoms with E-state index < -0.39 is 0 Å². The van der Waals surface area contributed by atoms with E-state index in [2.05, 4.69) is 28.3 Å². The summed E-state index contributed by atoms with van der Waals surface area (Å²) < 4.78 is 5.93. The van der Waals surface area contributed by atoms with Crippen molar-refractivity contribution in [3.05, 3.63) is 65.1 Å². The number of carbonyl (C=O) groups excluding carboxylic acids is 1. The van der Waals surface area contributed by atoms with E-state index in [9.17, 15) is 4.79 Å². The highest BCUT2D eigenvalue weighted by Crippen LogP contribution is 2.26. The highest BCUT2D eigenvalue weighted by atomic mass is 16.3. The molecule has 0 saturated heterocycles. The number of nitrogens with one attached hydrogen (secondary N) is 1. The van der Waals surface area contributed by atoms with E-state index in [1.54, 1.807) is 24.2 Å². The van der Waals surface area contributed by atoms with Crippen LogP contribution in [0.4, 0.5) is 5.82 Å². The number of aromatic nitrogens is 1. The third kappa shape index (κ3) is 4.54. The van der Waals surface area contributed by atoms with E-state index in [4.69, 9.17) is 4.42 Å². The van der Waals surface area contributed by atoms with Crippen LogP contribution >= 0.6 is 0 Å². The molecular weight excluding hydrogens is 376 g/mol. The molecule has 1 aliphatic rings. The molecule has 0 saturated carbocycles. The topological polar surface area (TPSA) is 61.6 Å². The number of benzene rings is 1. The summed E-state index contributed by atoms with van der Waals surface area (Å²) in [5.74, 6) is 1.67. The number of pyridine rings is 1. The number of rotatable bonds is 4. The van der Waals surface area contributed by atoms with Crippen LogP contribution in [0.5, 0.6) is 0 Å². The smallest absolute Gasteiger partial charge is 0.246 e. The molecule has 3 aromatic rings. The molecule has 0 aliphatic carbocycles. The van der Waals surface area contributed by atoms with Crippen LogP contribution in [-0.2, 0) is 17.9 Å².